The SMILES string of the molecule is CCC(NC)c1ccccc1-n1cnc(C(=O)OC)n1. The fourth-order valence-corrected chi connectivity index (χ4v) is 2.13. The van der Waals surface area contributed by atoms with Gasteiger partial charge in [-0.15, -0.1) is 5.10 Å². The molecule has 0 saturated carbocycles. The molecule has 0 aliphatic rings. The van der Waals surface area contributed by atoms with E-state index >= 15 is 0 Å². The van der Waals surface area contributed by atoms with Crippen LogP contribution in [0.5, 0.6) is 0 Å². The second-order valence-electron chi connectivity index (χ2n) is 4.31. The standard InChI is InChI=1S/C14H18N4O2/c1-4-11(15-2)10-7-5-6-8-12(10)18-9-16-13(17-18)14(19)20-3/h5-9,11,15H,4H2,1-3H3. The molecule has 0 radical (unpaired) electrons. The average Bonchev–Trinajstić information content (AvgIpc) is 2.98. The molecule has 1 aromatic heterocycles. The Balaban J connectivity index is 2.42. The molecule has 0 amide bonds. The molecule has 0 spiro atoms. The Morgan fingerprint density at radius 3 is 2.85 bits per heavy atom. The molecular weight excluding hydrogens is 256 g/mol. The molecule has 0 saturated heterocycles. The normalized spacial score (nSPS) is 12.2. The fraction of sp³-hybridized carbons (Fsp3) is 0.357. The lowest BCUT2D eigenvalue weighted by atomic mass is 10.0. The third kappa shape index (κ3) is 2.70. The molecule has 0 fully saturated rings. The monoisotopic (exact) mass is 274 g/mol. The van der Waals surface area contributed by atoms with Crippen LogP contribution in [0.15, 0.2) is 30.6 Å². The molecule has 106 valence electrons. The molecule has 1 N–H and O–H groups in total. The van der Waals surface area contributed by atoms with E-state index in [1.54, 1.807) is 4.68 Å². The number of aromatic nitrogens is 3. The number of methoxy groups -OCH3 is 1. The summed E-state index contributed by atoms with van der Waals surface area (Å²) in [6.07, 6.45) is 2.47. The van der Waals surface area contributed by atoms with E-state index in [1.807, 2.05) is 31.3 Å². The smallest absolute Gasteiger partial charge is 0.377 e. The van der Waals surface area contributed by atoms with Crippen LogP contribution in [0.3, 0.4) is 0 Å². The third-order valence-electron chi connectivity index (χ3n) is 3.18. The predicted octanol–water partition coefficient (Wildman–Crippen LogP) is 1.72. The van der Waals surface area contributed by atoms with Crippen molar-refractivity contribution in [1.82, 2.24) is 20.1 Å². The summed E-state index contributed by atoms with van der Waals surface area (Å²) in [7, 11) is 3.23. The summed E-state index contributed by atoms with van der Waals surface area (Å²) in [4.78, 5) is 15.4. The van der Waals surface area contributed by atoms with Crippen LogP contribution in [0, 0.1) is 0 Å². The van der Waals surface area contributed by atoms with Crippen molar-refractivity contribution in [1.29, 1.82) is 0 Å². The maximum Gasteiger partial charge on any atom is 0.377 e. The molecule has 2 aromatic rings. The first-order valence-electron chi connectivity index (χ1n) is 6.47. The Bertz CT molecular complexity index is 590. The molecule has 20 heavy (non-hydrogen) atoms. The number of carbonyl (C=O) groups excluding carboxylic acids is 1. The van der Waals surface area contributed by atoms with Crippen molar-refractivity contribution >= 4 is 5.97 Å². The van der Waals surface area contributed by atoms with E-state index in [-0.39, 0.29) is 11.9 Å². The summed E-state index contributed by atoms with van der Waals surface area (Å²) in [5.41, 5.74) is 2.01. The van der Waals surface area contributed by atoms with Crippen molar-refractivity contribution in [3.05, 3.63) is 42.0 Å². The summed E-state index contributed by atoms with van der Waals surface area (Å²) in [5.74, 6) is -0.485. The van der Waals surface area contributed by atoms with E-state index in [0.717, 1.165) is 17.7 Å². The van der Waals surface area contributed by atoms with Crippen LogP contribution >= 0.6 is 0 Å². The predicted molar refractivity (Wildman–Crippen MR) is 74.8 cm³/mol. The van der Waals surface area contributed by atoms with Crippen molar-refractivity contribution in [2.24, 2.45) is 0 Å². The van der Waals surface area contributed by atoms with Crippen LogP contribution < -0.4 is 5.32 Å². The number of carbonyl (C=O) groups is 1. The van der Waals surface area contributed by atoms with Gasteiger partial charge < -0.3 is 10.1 Å². The number of hydrogen-bond acceptors (Lipinski definition) is 5. The van der Waals surface area contributed by atoms with Gasteiger partial charge >= 0.3 is 5.97 Å². The molecule has 1 aromatic carbocycles. The Hall–Kier alpha value is -2.21. The molecule has 1 atom stereocenters. The third-order valence-corrected chi connectivity index (χ3v) is 3.18. The summed E-state index contributed by atoms with van der Waals surface area (Å²) in [6.45, 7) is 2.11. The van der Waals surface area contributed by atoms with Crippen molar-refractivity contribution in [2.75, 3.05) is 14.2 Å². The zero-order chi connectivity index (χ0) is 14.5. The molecule has 2 rings (SSSR count). The highest BCUT2D eigenvalue weighted by atomic mass is 16.5. The Labute approximate surface area is 117 Å². The van der Waals surface area contributed by atoms with Crippen LogP contribution in [0.1, 0.15) is 35.6 Å². The molecule has 0 bridgehead atoms. The second kappa shape index (κ2) is 6.29. The minimum absolute atomic E-state index is 0.0554. The second-order valence-corrected chi connectivity index (χ2v) is 4.31. The lowest BCUT2D eigenvalue weighted by Gasteiger charge is -2.17. The van der Waals surface area contributed by atoms with Gasteiger partial charge in [0.15, 0.2) is 0 Å². The van der Waals surface area contributed by atoms with Gasteiger partial charge in [0.2, 0.25) is 0 Å². The number of hydrogen-bond donors (Lipinski definition) is 1. The van der Waals surface area contributed by atoms with Crippen molar-refractivity contribution in [2.45, 2.75) is 19.4 Å². The van der Waals surface area contributed by atoms with Gasteiger partial charge in [0.25, 0.3) is 5.82 Å². The van der Waals surface area contributed by atoms with Crippen molar-refractivity contribution in [3.63, 3.8) is 0 Å². The fourth-order valence-electron chi connectivity index (χ4n) is 2.13. The van der Waals surface area contributed by atoms with Gasteiger partial charge in [0.05, 0.1) is 12.8 Å². The number of para-hydroxylation sites is 1. The zero-order valence-electron chi connectivity index (χ0n) is 11.8. The van der Waals surface area contributed by atoms with Gasteiger partial charge in [-0.05, 0) is 25.1 Å². The number of nitrogens with one attached hydrogen (secondary N) is 1. The number of nitrogens with zero attached hydrogens (tertiary/aromatic N) is 3. The van der Waals surface area contributed by atoms with Gasteiger partial charge in [-0.3, -0.25) is 0 Å². The molecule has 0 aliphatic heterocycles. The van der Waals surface area contributed by atoms with Gasteiger partial charge in [0, 0.05) is 6.04 Å². The molecule has 0 aliphatic carbocycles. The van der Waals surface area contributed by atoms with Crippen molar-refractivity contribution in [3.8, 4) is 5.69 Å². The van der Waals surface area contributed by atoms with E-state index < -0.39 is 5.97 Å². The number of ether oxygens (including phenoxy) is 1. The molecular formula is C14H18N4O2. The summed E-state index contributed by atoms with van der Waals surface area (Å²) in [6, 6.07) is 8.12. The van der Waals surface area contributed by atoms with E-state index in [9.17, 15) is 4.79 Å². The average molecular weight is 274 g/mol. The molecule has 6 nitrogen and oxygen atoms in total. The Kier molecular flexibility index (Phi) is 4.47. The quantitative estimate of drug-likeness (QED) is 0.841. The number of rotatable bonds is 5. The van der Waals surface area contributed by atoms with E-state index in [2.05, 4.69) is 27.1 Å². The number of benzene rings is 1. The van der Waals surface area contributed by atoms with E-state index in [1.165, 1.54) is 13.4 Å². The maximum absolute atomic E-state index is 11.4. The Morgan fingerprint density at radius 2 is 2.20 bits per heavy atom. The topological polar surface area (TPSA) is 69.0 Å². The van der Waals surface area contributed by atoms with Crippen molar-refractivity contribution < 1.29 is 9.53 Å². The first-order chi connectivity index (χ1) is 9.71. The highest BCUT2D eigenvalue weighted by Gasteiger charge is 2.16. The van der Waals surface area contributed by atoms with E-state index in [0.29, 0.717) is 0 Å². The van der Waals surface area contributed by atoms with Crippen LogP contribution in [-0.4, -0.2) is 34.9 Å². The van der Waals surface area contributed by atoms with E-state index in [4.69, 9.17) is 0 Å². The van der Waals surface area contributed by atoms with Crippen LogP contribution in [0.4, 0.5) is 0 Å². The lowest BCUT2D eigenvalue weighted by molar-refractivity contribution is 0.0587. The largest absolute Gasteiger partial charge is 0.463 e. The van der Waals surface area contributed by atoms with Gasteiger partial charge in [-0.1, -0.05) is 25.1 Å². The zero-order valence-corrected chi connectivity index (χ0v) is 11.8. The lowest BCUT2D eigenvalue weighted by Crippen LogP contribution is -2.17. The first kappa shape index (κ1) is 14.2. The van der Waals surface area contributed by atoms with Crippen LogP contribution in [0.25, 0.3) is 5.69 Å². The molecule has 1 heterocycles. The highest BCUT2D eigenvalue weighted by molar-refractivity contribution is 5.84. The molecule has 6 heteroatoms. The van der Waals surface area contributed by atoms with Crippen LogP contribution in [-0.2, 0) is 4.74 Å². The van der Waals surface area contributed by atoms with Gasteiger partial charge in [-0.2, -0.15) is 0 Å². The van der Waals surface area contributed by atoms with Gasteiger partial charge in [0.1, 0.15) is 6.33 Å². The van der Waals surface area contributed by atoms with Crippen LogP contribution in [0.2, 0.25) is 0 Å². The first-order valence-corrected chi connectivity index (χ1v) is 6.47. The minimum Gasteiger partial charge on any atom is -0.463 e. The summed E-state index contributed by atoms with van der Waals surface area (Å²) in [5, 5.41) is 7.43. The Morgan fingerprint density at radius 1 is 1.45 bits per heavy atom. The molecule has 1 unspecified atom stereocenters. The summed E-state index contributed by atoms with van der Waals surface area (Å²) < 4.78 is 6.21. The number of esters is 1. The maximum atomic E-state index is 11.4. The highest BCUT2D eigenvalue weighted by Crippen LogP contribution is 2.23. The van der Waals surface area contributed by atoms with Gasteiger partial charge in [-0.25, -0.2) is 14.5 Å². The summed E-state index contributed by atoms with van der Waals surface area (Å²) >= 11 is 0. The minimum atomic E-state index is -0.540.